The molecule has 1 aliphatic heterocycles. The van der Waals surface area contributed by atoms with Crippen molar-refractivity contribution in [1.82, 2.24) is 9.88 Å². The molecule has 0 saturated carbocycles. The Balaban J connectivity index is 1.46. The van der Waals surface area contributed by atoms with Gasteiger partial charge in [-0.3, -0.25) is 4.79 Å². The largest absolute Gasteiger partial charge is 0.378 e. The third-order valence-electron chi connectivity index (χ3n) is 4.11. The molecule has 0 spiro atoms. The highest BCUT2D eigenvalue weighted by Crippen LogP contribution is 2.28. The summed E-state index contributed by atoms with van der Waals surface area (Å²) in [6.45, 7) is 2.93. The van der Waals surface area contributed by atoms with Crippen molar-refractivity contribution >= 4 is 28.6 Å². The van der Waals surface area contributed by atoms with Gasteiger partial charge in [0.2, 0.25) is 5.91 Å². The monoisotopic (exact) mass is 365 g/mol. The molecule has 1 saturated heterocycles. The summed E-state index contributed by atoms with van der Waals surface area (Å²) in [6, 6.07) is 4.08. The fourth-order valence-corrected chi connectivity index (χ4v) is 4.41. The zero-order valence-corrected chi connectivity index (χ0v) is 15.3. The number of thiazole rings is 1. The smallest absolute Gasteiger partial charge is 0.228 e. The van der Waals surface area contributed by atoms with E-state index >= 15 is 0 Å². The summed E-state index contributed by atoms with van der Waals surface area (Å²) in [6.07, 6.45) is 3.38. The van der Waals surface area contributed by atoms with E-state index in [4.69, 9.17) is 10.5 Å². The topological polar surface area (TPSA) is 68.5 Å². The molecule has 0 bridgehead atoms. The second-order valence-electron chi connectivity index (χ2n) is 5.89. The number of thiophene rings is 1. The minimum Gasteiger partial charge on any atom is -0.378 e. The Kier molecular flexibility index (Phi) is 6.37. The molecule has 7 heteroatoms. The number of amides is 1. The first-order valence-electron chi connectivity index (χ1n) is 8.34. The molecule has 0 aromatic carbocycles. The lowest BCUT2D eigenvalue weighted by Crippen LogP contribution is -2.41. The van der Waals surface area contributed by atoms with Crippen LogP contribution in [0.25, 0.3) is 9.88 Å². The Labute approximate surface area is 150 Å². The molecule has 2 aromatic heterocycles. The Morgan fingerprint density at radius 1 is 1.38 bits per heavy atom. The van der Waals surface area contributed by atoms with Crippen molar-refractivity contribution in [3.8, 4) is 9.88 Å². The molecule has 0 aliphatic carbocycles. The fourth-order valence-electron chi connectivity index (χ4n) is 2.77. The van der Waals surface area contributed by atoms with Gasteiger partial charge in [0.25, 0.3) is 0 Å². The van der Waals surface area contributed by atoms with Crippen molar-refractivity contribution in [2.75, 3.05) is 26.2 Å². The first-order valence-corrected chi connectivity index (χ1v) is 10.1. The number of piperidine rings is 1. The lowest BCUT2D eigenvalue weighted by atomic mass is 10.1. The molecule has 1 amide bonds. The highest BCUT2D eigenvalue weighted by Gasteiger charge is 2.23. The van der Waals surface area contributed by atoms with E-state index in [0.717, 1.165) is 54.5 Å². The van der Waals surface area contributed by atoms with Crippen LogP contribution in [0.3, 0.4) is 0 Å². The number of rotatable bonds is 7. The fraction of sp³-hybridized carbons (Fsp3) is 0.529. The number of carbonyl (C=O) groups excluding carboxylic acids is 1. The van der Waals surface area contributed by atoms with E-state index in [1.165, 1.54) is 0 Å². The molecular formula is C17H23N3O2S2. The summed E-state index contributed by atoms with van der Waals surface area (Å²) in [4.78, 5) is 20.2. The first kappa shape index (κ1) is 17.5. The maximum atomic E-state index is 12.5. The van der Waals surface area contributed by atoms with Crippen LogP contribution in [0.2, 0.25) is 0 Å². The standard InChI is InChI=1S/C17H23N3O2S2/c18-6-2-9-22-14-4-7-20(8-5-14)16(21)11-13-12-24-17(19-13)15-3-1-10-23-15/h1,3,10,12,14H,2,4-9,11,18H2. The number of likely N-dealkylation sites (tertiary alicyclic amines) is 1. The number of ether oxygens (including phenoxy) is 1. The molecule has 2 aromatic rings. The van der Waals surface area contributed by atoms with Gasteiger partial charge in [-0.15, -0.1) is 22.7 Å². The molecule has 0 atom stereocenters. The predicted octanol–water partition coefficient (Wildman–Crippen LogP) is 2.77. The average Bonchev–Trinajstić information content (AvgIpc) is 3.27. The first-order chi connectivity index (χ1) is 11.8. The highest BCUT2D eigenvalue weighted by atomic mass is 32.1. The van der Waals surface area contributed by atoms with E-state index in [9.17, 15) is 4.79 Å². The minimum atomic E-state index is 0.165. The highest BCUT2D eigenvalue weighted by molar-refractivity contribution is 7.20. The number of carbonyl (C=O) groups is 1. The third kappa shape index (κ3) is 4.63. The number of aromatic nitrogens is 1. The van der Waals surface area contributed by atoms with Gasteiger partial charge in [-0.2, -0.15) is 0 Å². The quantitative estimate of drug-likeness (QED) is 0.766. The SMILES string of the molecule is NCCCOC1CCN(C(=O)Cc2csc(-c3cccs3)n2)CC1. The van der Waals surface area contributed by atoms with Crippen molar-refractivity contribution < 1.29 is 9.53 Å². The minimum absolute atomic E-state index is 0.165. The summed E-state index contributed by atoms with van der Waals surface area (Å²) in [5.41, 5.74) is 6.34. The summed E-state index contributed by atoms with van der Waals surface area (Å²) in [7, 11) is 0. The Hall–Kier alpha value is -1.28. The van der Waals surface area contributed by atoms with Crippen molar-refractivity contribution in [1.29, 1.82) is 0 Å². The van der Waals surface area contributed by atoms with Gasteiger partial charge in [0.1, 0.15) is 5.01 Å². The Morgan fingerprint density at radius 2 is 2.21 bits per heavy atom. The van der Waals surface area contributed by atoms with E-state index in [0.29, 0.717) is 13.0 Å². The predicted molar refractivity (Wildman–Crippen MR) is 98.4 cm³/mol. The molecule has 3 rings (SSSR count). The lowest BCUT2D eigenvalue weighted by molar-refractivity contribution is -0.133. The van der Waals surface area contributed by atoms with Crippen LogP contribution in [0.4, 0.5) is 0 Å². The van der Waals surface area contributed by atoms with Crippen LogP contribution in [0, 0.1) is 0 Å². The van der Waals surface area contributed by atoms with Gasteiger partial charge in [-0.1, -0.05) is 6.07 Å². The van der Waals surface area contributed by atoms with Crippen LogP contribution < -0.4 is 5.73 Å². The van der Waals surface area contributed by atoms with E-state index in [1.807, 2.05) is 21.7 Å². The number of hydrogen-bond donors (Lipinski definition) is 1. The molecule has 1 fully saturated rings. The molecule has 0 radical (unpaired) electrons. The number of nitrogens with zero attached hydrogens (tertiary/aromatic N) is 2. The van der Waals surface area contributed by atoms with Crippen molar-refractivity contribution in [2.45, 2.75) is 31.8 Å². The van der Waals surface area contributed by atoms with Gasteiger partial charge >= 0.3 is 0 Å². The van der Waals surface area contributed by atoms with Crippen LogP contribution in [0.15, 0.2) is 22.9 Å². The van der Waals surface area contributed by atoms with Gasteiger partial charge < -0.3 is 15.4 Å². The molecule has 24 heavy (non-hydrogen) atoms. The summed E-state index contributed by atoms with van der Waals surface area (Å²) >= 11 is 3.28. The van der Waals surface area contributed by atoms with E-state index in [-0.39, 0.29) is 12.0 Å². The van der Waals surface area contributed by atoms with Crippen LogP contribution in [0.5, 0.6) is 0 Å². The average molecular weight is 366 g/mol. The van der Waals surface area contributed by atoms with Gasteiger partial charge in [0.05, 0.1) is 23.1 Å². The van der Waals surface area contributed by atoms with Crippen LogP contribution >= 0.6 is 22.7 Å². The Morgan fingerprint density at radius 3 is 2.92 bits per heavy atom. The van der Waals surface area contributed by atoms with Crippen LogP contribution in [-0.2, 0) is 16.0 Å². The van der Waals surface area contributed by atoms with E-state index in [1.54, 1.807) is 22.7 Å². The Bertz CT molecular complexity index is 634. The number of nitrogens with two attached hydrogens (primary N) is 1. The zero-order valence-electron chi connectivity index (χ0n) is 13.6. The lowest BCUT2D eigenvalue weighted by Gasteiger charge is -2.32. The van der Waals surface area contributed by atoms with Gasteiger partial charge in [-0.25, -0.2) is 4.98 Å². The molecule has 1 aliphatic rings. The maximum absolute atomic E-state index is 12.5. The molecule has 5 nitrogen and oxygen atoms in total. The van der Waals surface area contributed by atoms with Crippen LogP contribution in [0.1, 0.15) is 25.0 Å². The normalized spacial score (nSPS) is 15.8. The van der Waals surface area contributed by atoms with Gasteiger partial charge in [0.15, 0.2) is 0 Å². The molecule has 3 heterocycles. The molecular weight excluding hydrogens is 342 g/mol. The molecule has 2 N–H and O–H groups in total. The van der Waals surface area contributed by atoms with E-state index < -0.39 is 0 Å². The van der Waals surface area contributed by atoms with Crippen molar-refractivity contribution in [3.05, 3.63) is 28.6 Å². The molecule has 130 valence electrons. The second-order valence-corrected chi connectivity index (χ2v) is 7.70. The van der Waals surface area contributed by atoms with Crippen molar-refractivity contribution in [2.24, 2.45) is 5.73 Å². The van der Waals surface area contributed by atoms with Crippen molar-refractivity contribution in [3.63, 3.8) is 0 Å². The third-order valence-corrected chi connectivity index (χ3v) is 6.04. The number of hydrogen-bond acceptors (Lipinski definition) is 6. The summed E-state index contributed by atoms with van der Waals surface area (Å²) in [5.74, 6) is 0.165. The van der Waals surface area contributed by atoms with Gasteiger partial charge in [0, 0.05) is 25.1 Å². The van der Waals surface area contributed by atoms with Crippen LogP contribution in [-0.4, -0.2) is 48.1 Å². The second kappa shape index (κ2) is 8.71. The maximum Gasteiger partial charge on any atom is 0.228 e. The summed E-state index contributed by atoms with van der Waals surface area (Å²) < 4.78 is 5.79. The zero-order chi connectivity index (χ0) is 16.8. The molecule has 0 unspecified atom stereocenters. The van der Waals surface area contributed by atoms with E-state index in [2.05, 4.69) is 11.1 Å². The summed E-state index contributed by atoms with van der Waals surface area (Å²) in [5, 5.41) is 5.04. The van der Waals surface area contributed by atoms with Gasteiger partial charge in [-0.05, 0) is 37.3 Å².